The van der Waals surface area contributed by atoms with Crippen molar-refractivity contribution in [2.24, 2.45) is 0 Å². The lowest BCUT2D eigenvalue weighted by Crippen LogP contribution is -2.42. The van der Waals surface area contributed by atoms with Crippen molar-refractivity contribution in [1.29, 1.82) is 0 Å². The molecule has 41 heavy (non-hydrogen) atoms. The number of halogens is 1. The van der Waals surface area contributed by atoms with Crippen LogP contribution >= 0.6 is 11.6 Å². The molecular formula is C28H32ClN3O7S2. The lowest BCUT2D eigenvalue weighted by atomic mass is 10.2. The molecule has 10 nitrogen and oxygen atoms in total. The number of carbonyl (C=O) groups is 1. The van der Waals surface area contributed by atoms with Crippen molar-refractivity contribution in [3.63, 3.8) is 0 Å². The Hall–Kier alpha value is -3.32. The summed E-state index contributed by atoms with van der Waals surface area (Å²) in [4.78, 5) is 13.1. The molecule has 3 aromatic rings. The minimum atomic E-state index is -4.16. The van der Waals surface area contributed by atoms with E-state index in [4.69, 9.17) is 21.1 Å². The SMILES string of the molecule is COc1ccc(Cl)cc1N(CC(=O)NCCOc1ccc(S(=O)(=O)N2CCCC2)cc1)S(=O)(=O)c1ccc(C)cc1. The Morgan fingerprint density at radius 3 is 2.22 bits per heavy atom. The van der Waals surface area contributed by atoms with Gasteiger partial charge in [-0.15, -0.1) is 0 Å². The van der Waals surface area contributed by atoms with Crippen LogP contribution in [0, 0.1) is 6.92 Å². The molecule has 1 fully saturated rings. The third-order valence-corrected chi connectivity index (χ3v) is 10.4. The Labute approximate surface area is 245 Å². The van der Waals surface area contributed by atoms with E-state index in [0.717, 1.165) is 22.7 Å². The predicted octanol–water partition coefficient (Wildman–Crippen LogP) is 3.83. The van der Waals surface area contributed by atoms with E-state index in [1.54, 1.807) is 30.3 Å². The zero-order valence-electron chi connectivity index (χ0n) is 22.7. The first-order valence-corrected chi connectivity index (χ1v) is 16.2. The minimum absolute atomic E-state index is 0.0106. The second kappa shape index (κ2) is 13.1. The molecule has 0 aromatic heterocycles. The Morgan fingerprint density at radius 1 is 0.951 bits per heavy atom. The van der Waals surface area contributed by atoms with Gasteiger partial charge < -0.3 is 14.8 Å². The van der Waals surface area contributed by atoms with Gasteiger partial charge in [0.2, 0.25) is 15.9 Å². The average molecular weight is 622 g/mol. The first kappa shape index (κ1) is 30.6. The number of anilines is 1. The van der Waals surface area contributed by atoms with Crippen LogP contribution in [-0.4, -0.2) is 66.9 Å². The number of sulfonamides is 2. The van der Waals surface area contributed by atoms with Crippen molar-refractivity contribution in [3.05, 3.63) is 77.3 Å². The van der Waals surface area contributed by atoms with Crippen molar-refractivity contribution in [1.82, 2.24) is 9.62 Å². The Bertz CT molecular complexity index is 1570. The van der Waals surface area contributed by atoms with E-state index in [0.29, 0.717) is 18.8 Å². The highest BCUT2D eigenvalue weighted by Gasteiger charge is 2.30. The summed E-state index contributed by atoms with van der Waals surface area (Å²) in [6.07, 6.45) is 1.71. The number of aryl methyl sites for hydroxylation is 1. The molecular weight excluding hydrogens is 590 g/mol. The molecule has 0 aliphatic carbocycles. The molecule has 0 spiro atoms. The summed E-state index contributed by atoms with van der Waals surface area (Å²) in [5, 5.41) is 2.94. The maximum Gasteiger partial charge on any atom is 0.264 e. The molecule has 0 bridgehead atoms. The van der Waals surface area contributed by atoms with Crippen LogP contribution in [0.3, 0.4) is 0 Å². The normalized spacial score (nSPS) is 14.0. The summed E-state index contributed by atoms with van der Waals surface area (Å²) in [5.74, 6) is 0.0987. The van der Waals surface area contributed by atoms with Crippen molar-refractivity contribution < 1.29 is 31.1 Å². The fourth-order valence-electron chi connectivity index (χ4n) is 4.33. The van der Waals surface area contributed by atoms with Crippen molar-refractivity contribution in [3.8, 4) is 11.5 Å². The lowest BCUT2D eigenvalue weighted by Gasteiger charge is -2.26. The number of nitrogens with zero attached hydrogens (tertiary/aromatic N) is 2. The van der Waals surface area contributed by atoms with E-state index in [2.05, 4.69) is 5.32 Å². The summed E-state index contributed by atoms with van der Waals surface area (Å²) < 4.78 is 66.1. The molecule has 3 aromatic carbocycles. The Kier molecular flexibility index (Phi) is 9.80. The molecule has 1 aliphatic heterocycles. The summed E-state index contributed by atoms with van der Waals surface area (Å²) in [6.45, 7) is 2.51. The number of amides is 1. The molecule has 0 radical (unpaired) electrons. The van der Waals surface area contributed by atoms with Crippen molar-refractivity contribution >= 4 is 43.2 Å². The van der Waals surface area contributed by atoms with Gasteiger partial charge in [0, 0.05) is 18.1 Å². The van der Waals surface area contributed by atoms with Crippen LogP contribution in [0.5, 0.6) is 11.5 Å². The summed E-state index contributed by atoms with van der Waals surface area (Å²) in [6, 6.07) is 16.9. The number of hydrogen-bond donors (Lipinski definition) is 1. The van der Waals surface area contributed by atoms with Crippen LogP contribution in [0.15, 0.2) is 76.5 Å². The Balaban J connectivity index is 1.41. The molecule has 220 valence electrons. The number of carbonyl (C=O) groups excluding carboxylic acids is 1. The van der Waals surface area contributed by atoms with Gasteiger partial charge in [0.05, 0.1) is 29.1 Å². The molecule has 1 amide bonds. The lowest BCUT2D eigenvalue weighted by molar-refractivity contribution is -0.119. The molecule has 1 N–H and O–H groups in total. The second-order valence-corrected chi connectivity index (χ2v) is 13.7. The molecule has 0 saturated carbocycles. The molecule has 13 heteroatoms. The summed E-state index contributed by atoms with van der Waals surface area (Å²) in [5.41, 5.74) is 1.01. The standard InChI is InChI=1S/C28H32ClN3O7S2/c1-21-5-10-25(11-6-21)41(36,37)32(26-19-22(29)7-14-27(26)38-2)20-28(33)30-15-18-39-23-8-12-24(13-9-23)40(34,35)31-16-3-4-17-31/h5-14,19H,3-4,15-18,20H2,1-2H3,(H,30,33). The number of benzene rings is 3. The van der Waals surface area contributed by atoms with Gasteiger partial charge in [-0.2, -0.15) is 4.31 Å². The first-order chi connectivity index (χ1) is 19.5. The van der Waals surface area contributed by atoms with Crippen LogP contribution < -0.4 is 19.1 Å². The second-order valence-electron chi connectivity index (χ2n) is 9.42. The van der Waals surface area contributed by atoms with Gasteiger partial charge in [0.25, 0.3) is 10.0 Å². The van der Waals surface area contributed by atoms with Gasteiger partial charge in [0.15, 0.2) is 0 Å². The van der Waals surface area contributed by atoms with E-state index < -0.39 is 32.5 Å². The minimum Gasteiger partial charge on any atom is -0.495 e. The van der Waals surface area contributed by atoms with Crippen LogP contribution in [0.4, 0.5) is 5.69 Å². The van der Waals surface area contributed by atoms with Gasteiger partial charge in [-0.1, -0.05) is 29.3 Å². The Morgan fingerprint density at radius 2 is 1.59 bits per heavy atom. The van der Waals surface area contributed by atoms with Crippen molar-refractivity contribution in [2.75, 3.05) is 44.2 Å². The summed E-state index contributed by atoms with van der Waals surface area (Å²) in [7, 11) is -6.28. The highest BCUT2D eigenvalue weighted by Crippen LogP contribution is 2.35. The predicted molar refractivity (Wildman–Crippen MR) is 157 cm³/mol. The van der Waals surface area contributed by atoms with E-state index in [-0.39, 0.29) is 39.4 Å². The third kappa shape index (κ3) is 7.31. The number of hydrogen-bond acceptors (Lipinski definition) is 7. The maximum absolute atomic E-state index is 13.6. The molecule has 0 unspecified atom stereocenters. The van der Waals surface area contributed by atoms with Crippen LogP contribution in [0.1, 0.15) is 18.4 Å². The number of methoxy groups -OCH3 is 1. The maximum atomic E-state index is 13.6. The molecule has 1 saturated heterocycles. The zero-order valence-corrected chi connectivity index (χ0v) is 25.1. The van der Waals surface area contributed by atoms with Crippen molar-refractivity contribution in [2.45, 2.75) is 29.6 Å². The number of nitrogens with one attached hydrogen (secondary N) is 1. The molecule has 1 heterocycles. The third-order valence-electron chi connectivity index (χ3n) is 6.53. The molecule has 4 rings (SSSR count). The molecule has 0 atom stereocenters. The zero-order chi connectivity index (χ0) is 29.6. The average Bonchev–Trinajstić information content (AvgIpc) is 3.51. The first-order valence-electron chi connectivity index (χ1n) is 12.9. The smallest absolute Gasteiger partial charge is 0.264 e. The van der Waals surface area contributed by atoms with E-state index in [9.17, 15) is 21.6 Å². The molecule has 1 aliphatic rings. The van der Waals surface area contributed by atoms with Crippen LogP contribution in [-0.2, 0) is 24.8 Å². The largest absolute Gasteiger partial charge is 0.495 e. The quantitative estimate of drug-likeness (QED) is 0.305. The van der Waals surface area contributed by atoms with Gasteiger partial charge >= 0.3 is 0 Å². The van der Waals surface area contributed by atoms with Gasteiger partial charge in [0.1, 0.15) is 24.7 Å². The van der Waals surface area contributed by atoms with Gasteiger partial charge in [-0.05, 0) is 74.4 Å². The van der Waals surface area contributed by atoms with Gasteiger partial charge in [-0.3, -0.25) is 9.10 Å². The van der Waals surface area contributed by atoms with E-state index in [1.807, 2.05) is 6.92 Å². The highest BCUT2D eigenvalue weighted by molar-refractivity contribution is 7.93. The monoisotopic (exact) mass is 621 g/mol. The highest BCUT2D eigenvalue weighted by atomic mass is 35.5. The van der Waals surface area contributed by atoms with Crippen LogP contribution in [0.25, 0.3) is 0 Å². The van der Waals surface area contributed by atoms with E-state index >= 15 is 0 Å². The summed E-state index contributed by atoms with van der Waals surface area (Å²) >= 11 is 6.17. The fraction of sp³-hybridized carbons (Fsp3) is 0.321. The van der Waals surface area contributed by atoms with Gasteiger partial charge in [-0.25, -0.2) is 16.8 Å². The number of ether oxygens (including phenoxy) is 2. The van der Waals surface area contributed by atoms with Crippen LogP contribution in [0.2, 0.25) is 5.02 Å². The van der Waals surface area contributed by atoms with E-state index in [1.165, 1.54) is 47.8 Å². The number of rotatable bonds is 12. The topological polar surface area (TPSA) is 122 Å². The fourth-order valence-corrected chi connectivity index (χ4v) is 7.43.